The lowest BCUT2D eigenvalue weighted by molar-refractivity contribution is 0.100. The van der Waals surface area contributed by atoms with E-state index in [4.69, 9.17) is 11.1 Å². The monoisotopic (exact) mass is 360 g/mol. The van der Waals surface area contributed by atoms with Gasteiger partial charge < -0.3 is 21.1 Å². The molecule has 2 heterocycles. The highest BCUT2D eigenvalue weighted by molar-refractivity contribution is 7.12. The number of aromatic amines is 1. The van der Waals surface area contributed by atoms with E-state index in [-0.39, 0.29) is 29.0 Å². The van der Waals surface area contributed by atoms with Gasteiger partial charge in [-0.25, -0.2) is 0 Å². The first kappa shape index (κ1) is 17.4. The lowest BCUT2D eigenvalue weighted by Gasteiger charge is -2.27. The summed E-state index contributed by atoms with van der Waals surface area (Å²) < 4.78 is 0. The van der Waals surface area contributed by atoms with Gasteiger partial charge in [0.05, 0.1) is 27.9 Å². The number of aliphatic hydroxyl groups excluding tert-OH is 1. The summed E-state index contributed by atoms with van der Waals surface area (Å²) in [6.45, 7) is 0. The van der Waals surface area contributed by atoms with Gasteiger partial charge in [0.25, 0.3) is 11.5 Å². The average molecular weight is 360 g/mol. The predicted octanol–water partition coefficient (Wildman–Crippen LogP) is 1.67. The summed E-state index contributed by atoms with van der Waals surface area (Å²) >= 11 is 1.15. The Labute approximate surface area is 148 Å². The highest BCUT2D eigenvalue weighted by atomic mass is 32.1. The molecule has 0 unspecified atom stereocenters. The van der Waals surface area contributed by atoms with E-state index in [1.165, 1.54) is 6.07 Å². The number of carbonyl (C=O) groups excluding carboxylic acids is 1. The van der Waals surface area contributed by atoms with Crippen LogP contribution < -0.4 is 16.6 Å². The van der Waals surface area contributed by atoms with Gasteiger partial charge >= 0.3 is 0 Å². The molecule has 1 saturated carbocycles. The zero-order chi connectivity index (χ0) is 18.0. The van der Waals surface area contributed by atoms with Crippen molar-refractivity contribution in [2.45, 2.75) is 37.8 Å². The number of carbonyl (C=O) groups is 1. The number of rotatable bonds is 5. The van der Waals surface area contributed by atoms with Crippen LogP contribution in [0.5, 0.6) is 0 Å². The van der Waals surface area contributed by atoms with Crippen LogP contribution in [0.3, 0.4) is 0 Å². The van der Waals surface area contributed by atoms with Crippen molar-refractivity contribution in [3.63, 3.8) is 0 Å². The Kier molecular flexibility index (Phi) is 5.00. The molecule has 8 heteroatoms. The summed E-state index contributed by atoms with van der Waals surface area (Å²) in [5.41, 5.74) is 6.25. The van der Waals surface area contributed by atoms with E-state index >= 15 is 0 Å². The fourth-order valence-corrected chi connectivity index (χ4v) is 3.78. The van der Waals surface area contributed by atoms with Gasteiger partial charge in [-0.05, 0) is 37.8 Å². The minimum Gasteiger partial charge on any atom is -0.393 e. The predicted molar refractivity (Wildman–Crippen MR) is 97.7 cm³/mol. The maximum atomic E-state index is 12.3. The highest BCUT2D eigenvalue weighted by Gasteiger charge is 2.22. The molecule has 2 aromatic rings. The van der Waals surface area contributed by atoms with Gasteiger partial charge in [0.15, 0.2) is 0 Å². The zero-order valence-electron chi connectivity index (χ0n) is 13.5. The van der Waals surface area contributed by atoms with Crippen LogP contribution in [0.25, 0.3) is 0 Å². The van der Waals surface area contributed by atoms with Crippen LogP contribution in [0, 0.1) is 5.41 Å². The zero-order valence-corrected chi connectivity index (χ0v) is 14.4. The number of hydrogen-bond donors (Lipinski definition) is 5. The molecular formula is C17H20N4O3S. The first-order valence-corrected chi connectivity index (χ1v) is 8.97. The first-order chi connectivity index (χ1) is 12.0. The molecule has 0 aliphatic heterocycles. The number of anilines is 1. The van der Waals surface area contributed by atoms with Crippen molar-refractivity contribution in [1.82, 2.24) is 4.98 Å². The summed E-state index contributed by atoms with van der Waals surface area (Å²) in [6, 6.07) is 3.42. The van der Waals surface area contributed by atoms with E-state index in [1.54, 1.807) is 17.6 Å². The van der Waals surface area contributed by atoms with Crippen molar-refractivity contribution >= 4 is 28.6 Å². The molecule has 1 aliphatic rings. The van der Waals surface area contributed by atoms with Gasteiger partial charge in [0.2, 0.25) is 0 Å². The van der Waals surface area contributed by atoms with Crippen LogP contribution in [0.1, 0.15) is 46.5 Å². The fourth-order valence-electron chi connectivity index (χ4n) is 3.03. The van der Waals surface area contributed by atoms with Gasteiger partial charge in [-0.1, -0.05) is 0 Å². The Morgan fingerprint density at radius 2 is 2.08 bits per heavy atom. The van der Waals surface area contributed by atoms with E-state index in [2.05, 4.69) is 10.3 Å². The maximum Gasteiger partial charge on any atom is 0.259 e. The average Bonchev–Trinajstić information content (AvgIpc) is 3.07. The van der Waals surface area contributed by atoms with Crippen molar-refractivity contribution in [1.29, 1.82) is 5.41 Å². The molecule has 7 nitrogen and oxygen atoms in total. The molecule has 25 heavy (non-hydrogen) atoms. The number of pyridine rings is 1. The van der Waals surface area contributed by atoms with Gasteiger partial charge in [0.1, 0.15) is 0 Å². The fraction of sp³-hybridized carbons (Fsp3) is 0.353. The third-order valence-corrected chi connectivity index (χ3v) is 5.34. The summed E-state index contributed by atoms with van der Waals surface area (Å²) in [4.78, 5) is 26.5. The lowest BCUT2D eigenvalue weighted by Crippen LogP contribution is -2.30. The topological polar surface area (TPSA) is 132 Å². The number of primary amides is 1. The molecule has 0 radical (unpaired) electrons. The van der Waals surface area contributed by atoms with Crippen molar-refractivity contribution in [2.75, 3.05) is 5.32 Å². The van der Waals surface area contributed by atoms with E-state index in [9.17, 15) is 14.7 Å². The number of hydrogen-bond acceptors (Lipinski definition) is 6. The Bertz CT molecular complexity index is 850. The molecule has 1 amide bonds. The standard InChI is InChI=1S/C17H20N4O3S/c18-15(9-7-13(16(19)23)25-8-9)14-12(5-6-20-17(14)24)21-10-1-3-11(22)4-2-10/h5-8,10-11,18,22H,1-4H2,(H2,19,23)(H2,20,21,24)/t10-,11+. The lowest BCUT2D eigenvalue weighted by atomic mass is 9.92. The summed E-state index contributed by atoms with van der Waals surface area (Å²) in [6.07, 6.45) is 4.35. The second-order valence-electron chi connectivity index (χ2n) is 6.18. The molecule has 0 spiro atoms. The van der Waals surface area contributed by atoms with Gasteiger partial charge in [-0.15, -0.1) is 11.3 Å². The smallest absolute Gasteiger partial charge is 0.259 e. The maximum absolute atomic E-state index is 12.3. The van der Waals surface area contributed by atoms with Crippen LogP contribution in [0.15, 0.2) is 28.5 Å². The minimum atomic E-state index is -0.551. The summed E-state index contributed by atoms with van der Waals surface area (Å²) in [7, 11) is 0. The van der Waals surface area contributed by atoms with E-state index in [0.717, 1.165) is 37.0 Å². The van der Waals surface area contributed by atoms with Crippen molar-refractivity contribution in [3.05, 3.63) is 50.1 Å². The molecule has 0 bridgehead atoms. The largest absolute Gasteiger partial charge is 0.393 e. The third-order valence-electron chi connectivity index (χ3n) is 4.40. The van der Waals surface area contributed by atoms with Crippen LogP contribution in [-0.4, -0.2) is 33.9 Å². The van der Waals surface area contributed by atoms with Crippen molar-refractivity contribution in [3.8, 4) is 0 Å². The number of aliphatic hydroxyl groups is 1. The highest BCUT2D eigenvalue weighted by Crippen LogP contribution is 2.25. The number of amides is 1. The SMILES string of the molecule is N=C(c1csc(C(N)=O)c1)c1c(N[C@H]2CC[C@@H](O)CC2)cc[nH]c1=O. The molecule has 1 fully saturated rings. The van der Waals surface area contributed by atoms with Crippen LogP contribution in [0.4, 0.5) is 5.69 Å². The van der Waals surface area contributed by atoms with E-state index in [0.29, 0.717) is 16.1 Å². The molecular weight excluding hydrogens is 340 g/mol. The molecule has 2 aromatic heterocycles. The molecule has 0 atom stereocenters. The molecule has 132 valence electrons. The van der Waals surface area contributed by atoms with Gasteiger partial charge in [0, 0.05) is 23.2 Å². The number of nitrogens with two attached hydrogens (primary N) is 1. The Hall–Kier alpha value is -2.45. The summed E-state index contributed by atoms with van der Waals surface area (Å²) in [5, 5.41) is 23.0. The summed E-state index contributed by atoms with van der Waals surface area (Å²) in [5.74, 6) is -0.551. The second kappa shape index (κ2) is 7.20. The Balaban J connectivity index is 1.88. The van der Waals surface area contributed by atoms with Gasteiger partial charge in [-0.2, -0.15) is 0 Å². The van der Waals surface area contributed by atoms with Crippen LogP contribution in [-0.2, 0) is 0 Å². The van der Waals surface area contributed by atoms with Gasteiger partial charge in [-0.3, -0.25) is 15.0 Å². The quantitative estimate of drug-likeness (QED) is 0.519. The Morgan fingerprint density at radius 1 is 1.36 bits per heavy atom. The van der Waals surface area contributed by atoms with E-state index < -0.39 is 5.91 Å². The van der Waals surface area contributed by atoms with E-state index in [1.807, 2.05) is 0 Å². The molecule has 1 aliphatic carbocycles. The number of H-pyrrole nitrogens is 1. The molecule has 0 aromatic carbocycles. The molecule has 0 saturated heterocycles. The Morgan fingerprint density at radius 3 is 2.72 bits per heavy atom. The van der Waals surface area contributed by atoms with Crippen molar-refractivity contribution < 1.29 is 9.90 Å². The number of aromatic nitrogens is 1. The number of nitrogens with one attached hydrogen (secondary N) is 3. The van der Waals surface area contributed by atoms with Crippen LogP contribution in [0.2, 0.25) is 0 Å². The van der Waals surface area contributed by atoms with Crippen molar-refractivity contribution in [2.24, 2.45) is 5.73 Å². The second-order valence-corrected chi connectivity index (χ2v) is 7.10. The minimum absolute atomic E-state index is 0.0453. The molecule has 6 N–H and O–H groups in total. The normalized spacial score (nSPS) is 20.2. The molecule has 3 rings (SSSR count). The number of thiophene rings is 1. The first-order valence-electron chi connectivity index (χ1n) is 8.09. The van der Waals surface area contributed by atoms with Crippen LogP contribution >= 0.6 is 11.3 Å². The third kappa shape index (κ3) is 3.80.